The van der Waals surface area contributed by atoms with E-state index in [1.807, 2.05) is 0 Å². The van der Waals surface area contributed by atoms with Gasteiger partial charge in [-0.1, -0.05) is 13.8 Å². The Bertz CT molecular complexity index is 1010. The number of halogens is 1. The molecule has 0 fully saturated rings. The van der Waals surface area contributed by atoms with Gasteiger partial charge in [0.2, 0.25) is 0 Å². The highest BCUT2D eigenvalue weighted by molar-refractivity contribution is 5.75. The molecule has 0 radical (unpaired) electrons. The van der Waals surface area contributed by atoms with E-state index >= 15 is 0 Å². The Morgan fingerprint density at radius 3 is 2.44 bits per heavy atom. The van der Waals surface area contributed by atoms with Gasteiger partial charge in [0.25, 0.3) is 0 Å². The minimum absolute atomic E-state index is 0.110. The van der Waals surface area contributed by atoms with Crippen LogP contribution in [0, 0.1) is 11.7 Å². The van der Waals surface area contributed by atoms with Gasteiger partial charge in [0.05, 0.1) is 6.54 Å². The summed E-state index contributed by atoms with van der Waals surface area (Å²) in [6.45, 7) is 5.97. The van der Waals surface area contributed by atoms with Gasteiger partial charge in [-0.3, -0.25) is 4.90 Å². The Morgan fingerprint density at radius 1 is 1.12 bits per heavy atom. The number of hydrogen-bond donors (Lipinski definition) is 3. The lowest BCUT2D eigenvalue weighted by Crippen LogP contribution is -2.35. The SMILES string of the molecule is CCN(CC)Cc1nc(-c2ccc(F)cc2)n(-c2ccn(C(=O)NCC(CO)CO)n2)n1. The van der Waals surface area contributed by atoms with Gasteiger partial charge in [-0.05, 0) is 37.4 Å². The second-order valence-corrected chi connectivity index (χ2v) is 7.27. The molecule has 3 aromatic rings. The molecule has 0 saturated carbocycles. The zero-order valence-corrected chi connectivity index (χ0v) is 18.1. The van der Waals surface area contributed by atoms with Crippen LogP contribution in [0.5, 0.6) is 0 Å². The Balaban J connectivity index is 1.89. The van der Waals surface area contributed by atoms with Gasteiger partial charge in [0.1, 0.15) is 5.82 Å². The fraction of sp³-hybridized carbons (Fsp3) is 0.429. The third-order valence-electron chi connectivity index (χ3n) is 5.07. The number of amides is 1. The summed E-state index contributed by atoms with van der Waals surface area (Å²) < 4.78 is 16.1. The molecule has 0 aliphatic carbocycles. The maximum atomic E-state index is 13.4. The second-order valence-electron chi connectivity index (χ2n) is 7.27. The smallest absolute Gasteiger partial charge is 0.342 e. The predicted molar refractivity (Wildman–Crippen MR) is 116 cm³/mol. The quantitative estimate of drug-likeness (QED) is 0.430. The van der Waals surface area contributed by atoms with Gasteiger partial charge in [-0.2, -0.15) is 9.36 Å². The van der Waals surface area contributed by atoms with Crippen LogP contribution in [0.15, 0.2) is 36.5 Å². The van der Waals surface area contributed by atoms with E-state index in [0.717, 1.165) is 17.8 Å². The number of nitrogens with zero attached hydrogens (tertiary/aromatic N) is 6. The van der Waals surface area contributed by atoms with E-state index in [1.54, 1.807) is 18.2 Å². The van der Waals surface area contributed by atoms with Gasteiger partial charge in [-0.15, -0.1) is 10.2 Å². The van der Waals surface area contributed by atoms with Crippen molar-refractivity contribution in [3.8, 4) is 17.2 Å². The van der Waals surface area contributed by atoms with Crippen molar-refractivity contribution in [2.45, 2.75) is 20.4 Å². The molecule has 0 aliphatic heterocycles. The summed E-state index contributed by atoms with van der Waals surface area (Å²) in [6.07, 6.45) is 1.48. The number of hydrogen-bond acceptors (Lipinski definition) is 7. The van der Waals surface area contributed by atoms with Gasteiger partial charge in [0.15, 0.2) is 17.5 Å². The molecule has 2 aromatic heterocycles. The number of aliphatic hydroxyl groups is 2. The topological polar surface area (TPSA) is 121 Å². The number of rotatable bonds is 10. The predicted octanol–water partition coefficient (Wildman–Crippen LogP) is 1.27. The average molecular weight is 445 g/mol. The minimum Gasteiger partial charge on any atom is -0.396 e. The van der Waals surface area contributed by atoms with Gasteiger partial charge in [0, 0.05) is 43.5 Å². The first-order chi connectivity index (χ1) is 15.5. The van der Waals surface area contributed by atoms with Crippen LogP contribution in [0.1, 0.15) is 19.7 Å². The molecule has 0 spiro atoms. The highest BCUT2D eigenvalue weighted by atomic mass is 19.1. The summed E-state index contributed by atoms with van der Waals surface area (Å²) in [7, 11) is 0. The summed E-state index contributed by atoms with van der Waals surface area (Å²) in [5.41, 5.74) is 0.664. The van der Waals surface area contributed by atoms with Crippen molar-refractivity contribution in [3.63, 3.8) is 0 Å². The molecule has 0 atom stereocenters. The summed E-state index contributed by atoms with van der Waals surface area (Å²) in [5.74, 6) is 0.642. The minimum atomic E-state index is -0.505. The van der Waals surface area contributed by atoms with Crippen molar-refractivity contribution in [1.29, 1.82) is 0 Å². The van der Waals surface area contributed by atoms with Crippen LogP contribution in [0.2, 0.25) is 0 Å². The third kappa shape index (κ3) is 5.55. The molecular formula is C21H28FN7O3. The number of nitrogens with one attached hydrogen (secondary N) is 1. The molecule has 0 saturated heterocycles. The van der Waals surface area contributed by atoms with Crippen molar-refractivity contribution in [1.82, 2.24) is 34.8 Å². The molecule has 11 heteroatoms. The first-order valence-electron chi connectivity index (χ1n) is 10.5. The number of carbonyl (C=O) groups excluding carboxylic acids is 1. The third-order valence-corrected chi connectivity index (χ3v) is 5.07. The summed E-state index contributed by atoms with van der Waals surface area (Å²) >= 11 is 0. The Morgan fingerprint density at radius 2 is 1.81 bits per heavy atom. The molecular weight excluding hydrogens is 417 g/mol. The van der Waals surface area contributed by atoms with E-state index in [9.17, 15) is 9.18 Å². The molecule has 172 valence electrons. The van der Waals surface area contributed by atoms with E-state index in [2.05, 4.69) is 39.2 Å². The standard InChI is InChI=1S/C21H28FN7O3/c1-3-27(4-2)12-18-24-20(16-5-7-17(22)8-6-16)29(25-18)19-9-10-28(26-19)21(32)23-11-15(13-30)14-31/h5-10,15,30-31H,3-4,11-14H2,1-2H3,(H,23,32). The normalized spacial score (nSPS) is 11.5. The number of aliphatic hydroxyl groups excluding tert-OH is 2. The lowest BCUT2D eigenvalue weighted by atomic mass is 10.2. The molecule has 10 nitrogen and oxygen atoms in total. The highest BCUT2D eigenvalue weighted by Gasteiger charge is 2.18. The van der Waals surface area contributed by atoms with Crippen molar-refractivity contribution >= 4 is 6.03 Å². The van der Waals surface area contributed by atoms with Crippen LogP contribution in [0.3, 0.4) is 0 Å². The molecule has 3 N–H and O–H groups in total. The van der Waals surface area contributed by atoms with Gasteiger partial charge in [-0.25, -0.2) is 14.2 Å². The van der Waals surface area contributed by atoms with E-state index in [-0.39, 0.29) is 25.6 Å². The van der Waals surface area contributed by atoms with Crippen LogP contribution in [-0.4, -0.2) is 78.5 Å². The van der Waals surface area contributed by atoms with Crippen LogP contribution in [-0.2, 0) is 6.54 Å². The van der Waals surface area contributed by atoms with Crippen molar-refractivity contribution < 1.29 is 19.4 Å². The van der Waals surface area contributed by atoms with Gasteiger partial charge < -0.3 is 15.5 Å². The average Bonchev–Trinajstić information content (AvgIpc) is 3.46. The van der Waals surface area contributed by atoms with Crippen LogP contribution < -0.4 is 5.32 Å². The Labute approximate surface area is 185 Å². The second kappa shape index (κ2) is 10.9. The van der Waals surface area contributed by atoms with E-state index in [1.165, 1.54) is 23.0 Å². The maximum Gasteiger partial charge on any atom is 0.342 e. The fourth-order valence-electron chi connectivity index (χ4n) is 3.05. The fourth-order valence-corrected chi connectivity index (χ4v) is 3.05. The van der Waals surface area contributed by atoms with E-state index in [0.29, 0.717) is 29.6 Å². The molecule has 0 bridgehead atoms. The number of carbonyl (C=O) groups is 1. The molecule has 1 aromatic carbocycles. The van der Waals surface area contributed by atoms with Gasteiger partial charge >= 0.3 is 6.03 Å². The van der Waals surface area contributed by atoms with Crippen molar-refractivity contribution in [2.24, 2.45) is 5.92 Å². The summed E-state index contributed by atoms with van der Waals surface area (Å²) in [4.78, 5) is 19.2. The zero-order chi connectivity index (χ0) is 23.1. The monoisotopic (exact) mass is 445 g/mol. The molecule has 1 amide bonds. The molecule has 2 heterocycles. The molecule has 0 unspecified atom stereocenters. The number of aromatic nitrogens is 5. The Kier molecular flexibility index (Phi) is 8.03. The number of benzene rings is 1. The van der Waals surface area contributed by atoms with Crippen LogP contribution in [0.25, 0.3) is 17.2 Å². The first-order valence-corrected chi connectivity index (χ1v) is 10.5. The van der Waals surface area contributed by atoms with Crippen LogP contribution in [0.4, 0.5) is 9.18 Å². The molecule has 0 aliphatic rings. The van der Waals surface area contributed by atoms with E-state index in [4.69, 9.17) is 10.2 Å². The Hall–Kier alpha value is -3.15. The van der Waals surface area contributed by atoms with E-state index < -0.39 is 11.9 Å². The largest absolute Gasteiger partial charge is 0.396 e. The van der Waals surface area contributed by atoms with Crippen molar-refractivity contribution in [3.05, 3.63) is 48.2 Å². The highest BCUT2D eigenvalue weighted by Crippen LogP contribution is 2.21. The molecule has 3 rings (SSSR count). The maximum absolute atomic E-state index is 13.4. The summed E-state index contributed by atoms with van der Waals surface area (Å²) in [5, 5.41) is 29.8. The van der Waals surface area contributed by atoms with Crippen LogP contribution >= 0.6 is 0 Å². The summed E-state index contributed by atoms with van der Waals surface area (Å²) in [6, 6.07) is 7.05. The lowest BCUT2D eigenvalue weighted by Gasteiger charge is -2.14. The lowest BCUT2D eigenvalue weighted by molar-refractivity contribution is 0.149. The molecule has 32 heavy (non-hydrogen) atoms. The first kappa shape index (κ1) is 23.5. The zero-order valence-electron chi connectivity index (χ0n) is 18.1. The van der Waals surface area contributed by atoms with Crippen molar-refractivity contribution in [2.75, 3.05) is 32.8 Å².